The molecule has 1 unspecified atom stereocenters. The maximum atomic E-state index is 11.3. The third-order valence-electron chi connectivity index (χ3n) is 3.62. The van der Waals surface area contributed by atoms with Gasteiger partial charge in [0.2, 0.25) is 0 Å². The maximum Gasteiger partial charge on any atom is 0.339 e. The minimum absolute atomic E-state index is 0.344. The zero-order valence-corrected chi connectivity index (χ0v) is 12.3. The summed E-state index contributed by atoms with van der Waals surface area (Å²) >= 11 is 0. The Balaban J connectivity index is 1.84. The predicted octanol–water partition coefficient (Wildman–Crippen LogP) is 1.44. The molecule has 0 radical (unpaired) electrons. The second kappa shape index (κ2) is 7.36. The van der Waals surface area contributed by atoms with Crippen LogP contribution >= 0.6 is 0 Å². The Hall–Kier alpha value is -1.46. The third-order valence-corrected chi connectivity index (χ3v) is 3.62. The molecule has 1 aliphatic rings. The van der Waals surface area contributed by atoms with Gasteiger partial charge < -0.3 is 10.1 Å². The number of likely N-dealkylation sites (N-methyl/N-ethyl adjacent to an activating group) is 1. The normalized spacial score (nSPS) is 19.1. The number of pyridine rings is 1. The topological polar surface area (TPSA) is 54.5 Å². The Labute approximate surface area is 120 Å². The van der Waals surface area contributed by atoms with Gasteiger partial charge >= 0.3 is 5.97 Å². The van der Waals surface area contributed by atoms with Crippen LogP contribution in [0.25, 0.3) is 0 Å². The molecular weight excluding hydrogens is 254 g/mol. The van der Waals surface area contributed by atoms with E-state index in [2.05, 4.69) is 27.0 Å². The quantitative estimate of drug-likeness (QED) is 0.825. The Morgan fingerprint density at radius 2 is 2.35 bits per heavy atom. The largest absolute Gasteiger partial charge is 0.465 e. The number of piperidine rings is 1. The zero-order valence-electron chi connectivity index (χ0n) is 12.3. The molecule has 0 amide bonds. The smallest absolute Gasteiger partial charge is 0.339 e. The van der Waals surface area contributed by atoms with Gasteiger partial charge in [0.15, 0.2) is 0 Å². The Morgan fingerprint density at radius 3 is 2.95 bits per heavy atom. The number of nitrogens with zero attached hydrogens (tertiary/aromatic N) is 2. The third kappa shape index (κ3) is 4.28. The van der Waals surface area contributed by atoms with Crippen molar-refractivity contribution in [1.29, 1.82) is 0 Å². The minimum atomic E-state index is -0.344. The van der Waals surface area contributed by atoms with Crippen molar-refractivity contribution in [3.63, 3.8) is 0 Å². The molecule has 2 heterocycles. The van der Waals surface area contributed by atoms with Crippen LogP contribution < -0.4 is 5.32 Å². The highest BCUT2D eigenvalue weighted by molar-refractivity contribution is 5.88. The molecule has 0 saturated carbocycles. The van der Waals surface area contributed by atoms with Gasteiger partial charge in [-0.25, -0.2) is 4.79 Å². The van der Waals surface area contributed by atoms with Crippen LogP contribution in [-0.2, 0) is 11.3 Å². The van der Waals surface area contributed by atoms with Crippen molar-refractivity contribution in [2.45, 2.75) is 31.8 Å². The molecule has 2 rings (SSSR count). The highest BCUT2D eigenvalue weighted by Crippen LogP contribution is 2.10. The molecule has 0 spiro atoms. The number of hydrogen-bond donors (Lipinski definition) is 1. The summed E-state index contributed by atoms with van der Waals surface area (Å²) in [4.78, 5) is 17.9. The molecular formula is C15H23N3O2. The first-order valence-corrected chi connectivity index (χ1v) is 7.14. The molecule has 1 saturated heterocycles. The first-order valence-electron chi connectivity index (χ1n) is 7.14. The van der Waals surface area contributed by atoms with E-state index in [4.69, 9.17) is 0 Å². The number of nitrogens with one attached hydrogen (secondary N) is 1. The summed E-state index contributed by atoms with van der Waals surface area (Å²) in [6.07, 6.45) is 5.43. The van der Waals surface area contributed by atoms with Crippen LogP contribution in [-0.4, -0.2) is 49.1 Å². The van der Waals surface area contributed by atoms with Crippen molar-refractivity contribution < 1.29 is 9.53 Å². The molecule has 0 aliphatic carbocycles. The van der Waals surface area contributed by atoms with Gasteiger partial charge in [-0.15, -0.1) is 0 Å². The van der Waals surface area contributed by atoms with E-state index < -0.39 is 0 Å². The van der Waals surface area contributed by atoms with Crippen molar-refractivity contribution in [1.82, 2.24) is 15.2 Å². The summed E-state index contributed by atoms with van der Waals surface area (Å²) in [5.41, 5.74) is 1.46. The summed E-state index contributed by atoms with van der Waals surface area (Å²) in [6.45, 7) is 2.95. The van der Waals surface area contributed by atoms with Crippen LogP contribution in [0.1, 0.15) is 35.3 Å². The summed E-state index contributed by atoms with van der Waals surface area (Å²) in [5, 5.41) is 3.54. The summed E-state index contributed by atoms with van der Waals surface area (Å²) in [7, 11) is 3.48. The van der Waals surface area contributed by atoms with Crippen LogP contribution in [0.15, 0.2) is 18.3 Å². The Morgan fingerprint density at radius 1 is 1.50 bits per heavy atom. The van der Waals surface area contributed by atoms with Crippen molar-refractivity contribution >= 4 is 5.97 Å². The number of ether oxygens (including phenoxy) is 1. The van der Waals surface area contributed by atoms with Gasteiger partial charge in [-0.3, -0.25) is 9.88 Å². The molecule has 1 aliphatic heterocycles. The maximum absolute atomic E-state index is 11.3. The fourth-order valence-corrected chi connectivity index (χ4v) is 2.55. The summed E-state index contributed by atoms with van der Waals surface area (Å²) in [6, 6.07) is 4.24. The van der Waals surface area contributed by atoms with Crippen molar-refractivity contribution in [3.8, 4) is 0 Å². The fourth-order valence-electron chi connectivity index (χ4n) is 2.55. The van der Waals surface area contributed by atoms with E-state index in [0.717, 1.165) is 25.3 Å². The van der Waals surface area contributed by atoms with Crippen molar-refractivity contribution in [3.05, 3.63) is 29.6 Å². The molecule has 0 aromatic carbocycles. The SMILES string of the molecule is COC(=O)c1ccc(CN(C)CC2CCCCN2)nc1. The standard InChI is InChI=1S/C15H23N3O2/c1-18(10-13-5-3-4-8-16-13)11-14-7-6-12(9-17-14)15(19)20-2/h6-7,9,13,16H,3-5,8,10-11H2,1-2H3. The number of rotatable bonds is 5. The van der Waals surface area contributed by atoms with Gasteiger partial charge in [0, 0.05) is 25.3 Å². The molecule has 5 heteroatoms. The average Bonchev–Trinajstić information content (AvgIpc) is 2.48. The van der Waals surface area contributed by atoms with E-state index in [9.17, 15) is 4.79 Å². The van der Waals surface area contributed by atoms with Gasteiger partial charge in [-0.2, -0.15) is 0 Å². The van der Waals surface area contributed by atoms with Gasteiger partial charge in [0.1, 0.15) is 0 Å². The number of carbonyl (C=O) groups excluding carboxylic acids is 1. The lowest BCUT2D eigenvalue weighted by atomic mass is 10.0. The molecule has 110 valence electrons. The van der Waals surface area contributed by atoms with E-state index in [0.29, 0.717) is 11.6 Å². The highest BCUT2D eigenvalue weighted by Gasteiger charge is 2.15. The van der Waals surface area contributed by atoms with Crippen LogP contribution in [0.4, 0.5) is 0 Å². The second-order valence-electron chi connectivity index (χ2n) is 5.37. The zero-order chi connectivity index (χ0) is 14.4. The molecule has 1 fully saturated rings. The first kappa shape index (κ1) is 14.9. The van der Waals surface area contributed by atoms with E-state index >= 15 is 0 Å². The van der Waals surface area contributed by atoms with Gasteiger partial charge in [0.25, 0.3) is 0 Å². The number of hydrogen-bond acceptors (Lipinski definition) is 5. The lowest BCUT2D eigenvalue weighted by Crippen LogP contribution is -2.42. The van der Waals surface area contributed by atoms with Crippen LogP contribution in [0, 0.1) is 0 Å². The van der Waals surface area contributed by atoms with Crippen LogP contribution in [0.5, 0.6) is 0 Å². The Bertz CT molecular complexity index is 427. The minimum Gasteiger partial charge on any atom is -0.465 e. The van der Waals surface area contributed by atoms with E-state index in [1.54, 1.807) is 12.3 Å². The number of methoxy groups -OCH3 is 1. The molecule has 20 heavy (non-hydrogen) atoms. The number of aromatic nitrogens is 1. The first-order chi connectivity index (χ1) is 9.69. The average molecular weight is 277 g/mol. The van der Waals surface area contributed by atoms with Crippen molar-refractivity contribution in [2.24, 2.45) is 0 Å². The van der Waals surface area contributed by atoms with E-state index in [-0.39, 0.29) is 5.97 Å². The molecule has 1 N–H and O–H groups in total. The van der Waals surface area contributed by atoms with Gasteiger partial charge in [0.05, 0.1) is 18.4 Å². The molecule has 1 aromatic heterocycles. The lowest BCUT2D eigenvalue weighted by molar-refractivity contribution is 0.0600. The molecule has 1 aromatic rings. The molecule has 0 bridgehead atoms. The van der Waals surface area contributed by atoms with Gasteiger partial charge in [-0.1, -0.05) is 6.42 Å². The fraction of sp³-hybridized carbons (Fsp3) is 0.600. The Kier molecular flexibility index (Phi) is 5.49. The van der Waals surface area contributed by atoms with E-state index in [1.165, 1.54) is 26.4 Å². The van der Waals surface area contributed by atoms with Gasteiger partial charge in [-0.05, 0) is 38.6 Å². The van der Waals surface area contributed by atoms with E-state index in [1.807, 2.05) is 6.07 Å². The predicted molar refractivity (Wildman–Crippen MR) is 77.6 cm³/mol. The van der Waals surface area contributed by atoms with Crippen molar-refractivity contribution in [2.75, 3.05) is 27.2 Å². The van der Waals surface area contributed by atoms with Crippen LogP contribution in [0.3, 0.4) is 0 Å². The highest BCUT2D eigenvalue weighted by atomic mass is 16.5. The summed E-state index contributed by atoms with van der Waals surface area (Å²) in [5.74, 6) is -0.344. The van der Waals surface area contributed by atoms with Crippen LogP contribution in [0.2, 0.25) is 0 Å². The second-order valence-corrected chi connectivity index (χ2v) is 5.37. The molecule has 5 nitrogen and oxygen atoms in total. The lowest BCUT2D eigenvalue weighted by Gasteiger charge is -2.28. The number of esters is 1. The molecule has 1 atom stereocenters. The monoisotopic (exact) mass is 277 g/mol. The summed E-state index contributed by atoms with van der Waals surface area (Å²) < 4.78 is 4.66. The number of carbonyl (C=O) groups is 1.